The number of nitrogens with one attached hydrogen (secondary N) is 1. The first-order valence-corrected chi connectivity index (χ1v) is 10.7. The Balaban J connectivity index is 1.64. The Morgan fingerprint density at radius 1 is 1.35 bits per heavy atom. The van der Waals surface area contributed by atoms with Crippen LogP contribution in [0, 0.1) is 28.1 Å². The summed E-state index contributed by atoms with van der Waals surface area (Å²) in [5, 5.41) is 3.20. The maximum absolute atomic E-state index is 13.2. The van der Waals surface area contributed by atoms with E-state index in [1.54, 1.807) is 5.57 Å². The zero-order valence-electron chi connectivity index (χ0n) is 16.7. The molecule has 2 bridgehead atoms. The number of rotatable bonds is 4. The summed E-state index contributed by atoms with van der Waals surface area (Å²) in [6.45, 7) is 10.5. The van der Waals surface area contributed by atoms with E-state index >= 15 is 0 Å². The summed E-state index contributed by atoms with van der Waals surface area (Å²) < 4.78 is 0. The van der Waals surface area contributed by atoms with Crippen LogP contribution in [0.5, 0.6) is 0 Å². The lowest BCUT2D eigenvalue weighted by molar-refractivity contribution is -0.143. The van der Waals surface area contributed by atoms with E-state index in [0.717, 1.165) is 19.3 Å². The Hall–Kier alpha value is -1.09. The second-order valence-corrected chi connectivity index (χ2v) is 10.0. The van der Waals surface area contributed by atoms with Gasteiger partial charge in [0.15, 0.2) is 0 Å². The van der Waals surface area contributed by atoms with Crippen LogP contribution in [-0.4, -0.2) is 19.0 Å². The lowest BCUT2D eigenvalue weighted by Gasteiger charge is -2.60. The minimum Gasteiger partial charge on any atom is -0.356 e. The number of hydrogen-bond donors (Lipinski definition) is 2. The van der Waals surface area contributed by atoms with E-state index in [1.165, 1.54) is 44.1 Å². The van der Waals surface area contributed by atoms with Crippen molar-refractivity contribution in [3.05, 3.63) is 23.8 Å². The van der Waals surface area contributed by atoms with Crippen molar-refractivity contribution in [1.82, 2.24) is 5.32 Å². The molecular weight excluding hydrogens is 320 g/mol. The fraction of sp³-hybridized carbons (Fsp3) is 0.783. The van der Waals surface area contributed by atoms with Gasteiger partial charge in [0.2, 0.25) is 5.91 Å². The molecule has 144 valence electrons. The molecule has 0 aromatic carbocycles. The van der Waals surface area contributed by atoms with Gasteiger partial charge in [-0.05, 0) is 80.6 Å². The molecule has 4 rings (SSSR count). The second-order valence-electron chi connectivity index (χ2n) is 10.0. The molecule has 0 unspecified atom stereocenters. The topological polar surface area (TPSA) is 55.1 Å². The van der Waals surface area contributed by atoms with E-state index in [9.17, 15) is 4.79 Å². The number of allylic oxidation sites excluding steroid dienone is 3. The van der Waals surface area contributed by atoms with Crippen molar-refractivity contribution < 1.29 is 4.79 Å². The van der Waals surface area contributed by atoms with Crippen LogP contribution >= 0.6 is 0 Å². The normalized spacial score (nSPS) is 44.1. The number of nitrogens with two attached hydrogens (primary N) is 1. The number of amides is 1. The van der Waals surface area contributed by atoms with Crippen molar-refractivity contribution in [2.75, 3.05) is 13.1 Å². The van der Waals surface area contributed by atoms with Gasteiger partial charge in [-0.25, -0.2) is 0 Å². The molecule has 1 amide bonds. The molecule has 0 saturated heterocycles. The van der Waals surface area contributed by atoms with Gasteiger partial charge >= 0.3 is 0 Å². The molecule has 3 fully saturated rings. The van der Waals surface area contributed by atoms with Crippen LogP contribution in [0.2, 0.25) is 0 Å². The fourth-order valence-electron chi connectivity index (χ4n) is 7.40. The molecule has 3 N–H and O–H groups in total. The van der Waals surface area contributed by atoms with Crippen molar-refractivity contribution >= 4 is 5.91 Å². The molecule has 26 heavy (non-hydrogen) atoms. The van der Waals surface area contributed by atoms with Crippen LogP contribution in [0.4, 0.5) is 0 Å². The van der Waals surface area contributed by atoms with E-state index in [1.807, 2.05) is 0 Å². The Morgan fingerprint density at radius 3 is 2.92 bits per heavy atom. The largest absolute Gasteiger partial charge is 0.356 e. The standard InChI is InChI=1S/C23H36N2O/c1-16-14-23-11-8-18-21(2,19(23)7-6-17(16)15-23)9-4-10-22(18,3)20(26)25-13-5-12-24/h7,17-18H,1,4-6,8-15,24H2,2-3H3,(H,25,26)/t17-,18+,21-,22-,23-/m1/s1. The highest BCUT2D eigenvalue weighted by atomic mass is 16.2. The molecule has 5 atom stereocenters. The number of carbonyl (C=O) groups is 1. The molecular formula is C23H36N2O. The summed E-state index contributed by atoms with van der Waals surface area (Å²) in [4.78, 5) is 13.2. The molecule has 4 aliphatic rings. The van der Waals surface area contributed by atoms with Crippen LogP contribution in [0.15, 0.2) is 23.8 Å². The predicted molar refractivity (Wildman–Crippen MR) is 106 cm³/mol. The summed E-state index contributed by atoms with van der Waals surface area (Å²) in [6.07, 6.45) is 13.0. The van der Waals surface area contributed by atoms with Gasteiger partial charge in [-0.1, -0.05) is 44.1 Å². The Labute approximate surface area is 158 Å². The van der Waals surface area contributed by atoms with Crippen molar-refractivity contribution in [3.63, 3.8) is 0 Å². The summed E-state index contributed by atoms with van der Waals surface area (Å²) in [6, 6.07) is 0. The van der Waals surface area contributed by atoms with Crippen LogP contribution < -0.4 is 11.1 Å². The van der Waals surface area contributed by atoms with Gasteiger partial charge in [-0.15, -0.1) is 0 Å². The van der Waals surface area contributed by atoms with E-state index in [2.05, 4.69) is 31.8 Å². The lowest BCUT2D eigenvalue weighted by Crippen LogP contribution is -2.56. The summed E-state index contributed by atoms with van der Waals surface area (Å²) >= 11 is 0. The molecule has 0 radical (unpaired) electrons. The van der Waals surface area contributed by atoms with Crippen LogP contribution in [-0.2, 0) is 4.79 Å². The van der Waals surface area contributed by atoms with Crippen LogP contribution in [0.1, 0.15) is 71.6 Å². The summed E-state index contributed by atoms with van der Waals surface area (Å²) in [5.41, 5.74) is 9.12. The minimum absolute atomic E-state index is 0.187. The monoisotopic (exact) mass is 356 g/mol. The first-order chi connectivity index (χ1) is 12.4. The van der Waals surface area contributed by atoms with Crippen molar-refractivity contribution in [3.8, 4) is 0 Å². The first kappa shape index (κ1) is 18.3. The van der Waals surface area contributed by atoms with E-state index < -0.39 is 0 Å². The molecule has 3 heteroatoms. The summed E-state index contributed by atoms with van der Waals surface area (Å²) in [7, 11) is 0. The van der Waals surface area contributed by atoms with Crippen LogP contribution in [0.25, 0.3) is 0 Å². The molecule has 3 saturated carbocycles. The van der Waals surface area contributed by atoms with E-state index in [-0.39, 0.29) is 16.7 Å². The highest BCUT2D eigenvalue weighted by Crippen LogP contribution is 2.70. The van der Waals surface area contributed by atoms with Crippen molar-refractivity contribution in [2.24, 2.45) is 33.8 Å². The average Bonchev–Trinajstić information content (AvgIpc) is 2.83. The highest BCUT2D eigenvalue weighted by Gasteiger charge is 2.62. The zero-order chi connectivity index (χ0) is 18.6. The quantitative estimate of drug-likeness (QED) is 0.581. The average molecular weight is 357 g/mol. The first-order valence-electron chi connectivity index (χ1n) is 10.7. The summed E-state index contributed by atoms with van der Waals surface area (Å²) in [5.74, 6) is 1.44. The maximum atomic E-state index is 13.2. The second kappa shape index (κ2) is 6.22. The maximum Gasteiger partial charge on any atom is 0.226 e. The smallest absolute Gasteiger partial charge is 0.226 e. The molecule has 0 aliphatic heterocycles. The molecule has 4 aliphatic carbocycles. The molecule has 0 aromatic heterocycles. The fourth-order valence-corrected chi connectivity index (χ4v) is 7.40. The van der Waals surface area contributed by atoms with Gasteiger partial charge in [0, 0.05) is 12.0 Å². The molecule has 3 nitrogen and oxygen atoms in total. The third kappa shape index (κ3) is 2.46. The Kier molecular flexibility index (Phi) is 4.38. The number of hydrogen-bond acceptors (Lipinski definition) is 2. The van der Waals surface area contributed by atoms with Gasteiger partial charge < -0.3 is 11.1 Å². The SMILES string of the molecule is C=C1C[C@@]23CC[C@@H]4[C@](C)(C(=O)NCCCN)CCC[C@@]4(C)C2=CC[C@@H]1C3. The van der Waals surface area contributed by atoms with Gasteiger partial charge in [0.25, 0.3) is 0 Å². The Bertz CT molecular complexity index is 653. The number of fused-ring (bicyclic) bond motifs is 3. The Morgan fingerprint density at radius 2 is 2.15 bits per heavy atom. The van der Waals surface area contributed by atoms with Gasteiger partial charge in [-0.2, -0.15) is 0 Å². The van der Waals surface area contributed by atoms with Crippen LogP contribution in [0.3, 0.4) is 0 Å². The third-order valence-corrected chi connectivity index (χ3v) is 8.60. The third-order valence-electron chi connectivity index (χ3n) is 8.60. The zero-order valence-corrected chi connectivity index (χ0v) is 16.7. The molecule has 0 aromatic rings. The van der Waals surface area contributed by atoms with Gasteiger partial charge in [0.05, 0.1) is 0 Å². The predicted octanol–water partition coefficient (Wildman–Crippen LogP) is 4.34. The van der Waals surface area contributed by atoms with Gasteiger partial charge in [-0.3, -0.25) is 4.79 Å². The van der Waals surface area contributed by atoms with Gasteiger partial charge in [0.1, 0.15) is 0 Å². The molecule has 1 spiro atoms. The van der Waals surface area contributed by atoms with E-state index in [4.69, 9.17) is 5.73 Å². The number of carbonyl (C=O) groups excluding carboxylic acids is 1. The van der Waals surface area contributed by atoms with Crippen molar-refractivity contribution in [1.29, 1.82) is 0 Å². The molecule has 0 heterocycles. The lowest BCUT2D eigenvalue weighted by atomic mass is 9.44. The van der Waals surface area contributed by atoms with Crippen molar-refractivity contribution in [2.45, 2.75) is 71.6 Å². The van der Waals surface area contributed by atoms with E-state index in [0.29, 0.717) is 30.3 Å². The minimum atomic E-state index is -0.240. The highest BCUT2D eigenvalue weighted by molar-refractivity contribution is 5.83.